The molecule has 0 aliphatic carbocycles. The van der Waals surface area contributed by atoms with E-state index in [4.69, 9.17) is 9.47 Å². The molecule has 0 aliphatic heterocycles. The first kappa shape index (κ1) is 19.9. The van der Waals surface area contributed by atoms with Crippen LogP contribution in [-0.4, -0.2) is 55.0 Å². The van der Waals surface area contributed by atoms with Crippen LogP contribution in [0.25, 0.3) is 0 Å². The van der Waals surface area contributed by atoms with E-state index in [1.807, 2.05) is 20.0 Å². The van der Waals surface area contributed by atoms with Crippen LogP contribution in [0.4, 0.5) is 0 Å². The van der Waals surface area contributed by atoms with Crippen LogP contribution < -0.4 is 4.74 Å². The van der Waals surface area contributed by atoms with Crippen molar-refractivity contribution in [1.29, 1.82) is 0 Å². The van der Waals surface area contributed by atoms with Crippen molar-refractivity contribution in [3.8, 4) is 5.75 Å². The first-order chi connectivity index (χ1) is 10.8. The molecule has 1 heterocycles. The number of ether oxygens (including phenoxy) is 2. The molecule has 0 fully saturated rings. The molecule has 132 valence electrons. The number of nitrogens with zero attached hydrogens (tertiary/aromatic N) is 2. The lowest BCUT2D eigenvalue weighted by Gasteiger charge is -2.32. The molecule has 0 aliphatic rings. The van der Waals surface area contributed by atoms with Crippen molar-refractivity contribution in [3.05, 3.63) is 23.5 Å². The zero-order valence-electron chi connectivity index (χ0n) is 15.4. The molecule has 0 amide bonds. The van der Waals surface area contributed by atoms with Crippen LogP contribution in [0.2, 0.25) is 0 Å². The van der Waals surface area contributed by atoms with Crippen LogP contribution in [0, 0.1) is 12.3 Å². The van der Waals surface area contributed by atoms with Crippen molar-refractivity contribution >= 4 is 0 Å². The van der Waals surface area contributed by atoms with Gasteiger partial charge in [0.25, 0.3) is 0 Å². The second kappa shape index (κ2) is 9.21. The molecule has 1 aromatic heterocycles. The lowest BCUT2D eigenvalue weighted by atomic mass is 9.88. The van der Waals surface area contributed by atoms with E-state index in [-0.39, 0.29) is 18.1 Å². The average molecular weight is 324 g/mol. The van der Waals surface area contributed by atoms with Gasteiger partial charge in [-0.05, 0) is 37.4 Å². The van der Waals surface area contributed by atoms with Gasteiger partial charge in [-0.1, -0.05) is 20.8 Å². The molecule has 1 unspecified atom stereocenters. The third kappa shape index (κ3) is 7.29. The second-order valence-electron chi connectivity index (χ2n) is 7.29. The number of likely N-dealkylation sites (N-methyl/N-ethyl adjacent to an activating group) is 1. The van der Waals surface area contributed by atoms with Gasteiger partial charge >= 0.3 is 0 Å². The molecular formula is C18H32N2O3. The van der Waals surface area contributed by atoms with Gasteiger partial charge in [-0.15, -0.1) is 0 Å². The smallest absolute Gasteiger partial charge is 0.137 e. The Morgan fingerprint density at radius 2 is 2.00 bits per heavy atom. The number of hydrogen-bond donors (Lipinski definition) is 1. The molecule has 0 aromatic carbocycles. The molecule has 1 aromatic rings. The Balaban J connectivity index is 2.68. The van der Waals surface area contributed by atoms with E-state index in [1.165, 1.54) is 0 Å². The van der Waals surface area contributed by atoms with Gasteiger partial charge in [0.15, 0.2) is 0 Å². The highest BCUT2D eigenvalue weighted by atomic mass is 16.5. The minimum absolute atomic E-state index is 0.133. The van der Waals surface area contributed by atoms with E-state index in [0.717, 1.165) is 23.4 Å². The van der Waals surface area contributed by atoms with Crippen molar-refractivity contribution in [2.45, 2.75) is 46.7 Å². The zero-order valence-corrected chi connectivity index (χ0v) is 15.4. The zero-order chi connectivity index (χ0) is 17.5. The summed E-state index contributed by atoms with van der Waals surface area (Å²) >= 11 is 0. The summed E-state index contributed by atoms with van der Waals surface area (Å²) in [4.78, 5) is 6.69. The van der Waals surface area contributed by atoms with Crippen LogP contribution in [0.3, 0.4) is 0 Å². The quantitative estimate of drug-likeness (QED) is 0.708. The predicted octanol–water partition coefficient (Wildman–Crippen LogP) is 2.64. The number of aliphatic hydroxyl groups excluding tert-OH is 1. The maximum Gasteiger partial charge on any atom is 0.137 e. The molecule has 5 nitrogen and oxygen atoms in total. The fourth-order valence-electron chi connectivity index (χ4n) is 2.50. The number of aromatic nitrogens is 1. The predicted molar refractivity (Wildman–Crippen MR) is 92.8 cm³/mol. The number of pyridine rings is 1. The molecular weight excluding hydrogens is 292 g/mol. The highest BCUT2D eigenvalue weighted by Crippen LogP contribution is 2.24. The average Bonchev–Trinajstić information content (AvgIpc) is 2.46. The van der Waals surface area contributed by atoms with Crippen LogP contribution in [0.5, 0.6) is 5.75 Å². The Bertz CT molecular complexity index is 472. The van der Waals surface area contributed by atoms with Crippen molar-refractivity contribution in [2.75, 3.05) is 34.0 Å². The summed E-state index contributed by atoms with van der Waals surface area (Å²) in [6.07, 6.45) is 2.70. The largest absolute Gasteiger partial charge is 0.490 e. The first-order valence-corrected chi connectivity index (χ1v) is 8.15. The van der Waals surface area contributed by atoms with Gasteiger partial charge in [0.2, 0.25) is 0 Å². The van der Waals surface area contributed by atoms with Gasteiger partial charge in [-0.2, -0.15) is 0 Å². The van der Waals surface area contributed by atoms with Crippen LogP contribution in [0.15, 0.2) is 12.3 Å². The Labute approximate surface area is 140 Å². The molecule has 23 heavy (non-hydrogen) atoms. The SMILES string of the molecule is COCCOc1cnc(CN(C)C(CO)CC(C)(C)C)c(C)c1. The summed E-state index contributed by atoms with van der Waals surface area (Å²) in [5, 5.41) is 9.68. The lowest BCUT2D eigenvalue weighted by Crippen LogP contribution is -2.37. The van der Waals surface area contributed by atoms with Gasteiger partial charge in [-0.25, -0.2) is 0 Å². The Morgan fingerprint density at radius 1 is 1.30 bits per heavy atom. The van der Waals surface area contributed by atoms with Gasteiger partial charge < -0.3 is 14.6 Å². The molecule has 1 N–H and O–H groups in total. The minimum atomic E-state index is 0.133. The van der Waals surface area contributed by atoms with Gasteiger partial charge in [0, 0.05) is 19.7 Å². The summed E-state index contributed by atoms with van der Waals surface area (Å²) in [5.41, 5.74) is 2.29. The highest BCUT2D eigenvalue weighted by Gasteiger charge is 2.22. The minimum Gasteiger partial charge on any atom is -0.490 e. The number of aliphatic hydroxyl groups is 1. The normalized spacial score (nSPS) is 13.4. The summed E-state index contributed by atoms with van der Waals surface area (Å²) in [6, 6.07) is 2.14. The van der Waals surface area contributed by atoms with Gasteiger partial charge in [0.1, 0.15) is 12.4 Å². The maximum atomic E-state index is 9.68. The molecule has 0 spiro atoms. The summed E-state index contributed by atoms with van der Waals surface area (Å²) in [5.74, 6) is 0.763. The molecule has 0 bridgehead atoms. The third-order valence-electron chi connectivity index (χ3n) is 3.80. The molecule has 0 saturated carbocycles. The molecule has 0 saturated heterocycles. The molecule has 1 atom stereocenters. The summed E-state index contributed by atoms with van der Waals surface area (Å²) in [7, 11) is 3.69. The Hall–Kier alpha value is -1.17. The van der Waals surface area contributed by atoms with Gasteiger partial charge in [0.05, 0.1) is 25.1 Å². The molecule has 0 radical (unpaired) electrons. The fraction of sp³-hybridized carbons (Fsp3) is 0.722. The Kier molecular flexibility index (Phi) is 7.95. The first-order valence-electron chi connectivity index (χ1n) is 8.15. The van der Waals surface area contributed by atoms with Gasteiger partial charge in [-0.3, -0.25) is 9.88 Å². The van der Waals surface area contributed by atoms with E-state index in [9.17, 15) is 5.11 Å². The topological polar surface area (TPSA) is 54.8 Å². The second-order valence-corrected chi connectivity index (χ2v) is 7.29. The standard InChI is InChI=1S/C18H32N2O3/c1-14-9-16(23-8-7-22-6)11-19-17(14)12-20(5)15(13-21)10-18(2,3)4/h9,11,15,21H,7-8,10,12-13H2,1-6H3. The highest BCUT2D eigenvalue weighted by molar-refractivity contribution is 5.28. The van der Waals surface area contributed by atoms with Crippen molar-refractivity contribution < 1.29 is 14.6 Å². The van der Waals surface area contributed by atoms with E-state index >= 15 is 0 Å². The van der Waals surface area contributed by atoms with Crippen molar-refractivity contribution in [3.63, 3.8) is 0 Å². The molecule has 1 rings (SSSR count). The van der Waals surface area contributed by atoms with Crippen LogP contribution in [-0.2, 0) is 11.3 Å². The number of hydrogen-bond acceptors (Lipinski definition) is 5. The van der Waals surface area contributed by atoms with E-state index < -0.39 is 0 Å². The lowest BCUT2D eigenvalue weighted by molar-refractivity contribution is 0.104. The third-order valence-corrected chi connectivity index (χ3v) is 3.80. The number of aryl methyl sites for hydroxylation is 1. The van der Waals surface area contributed by atoms with Crippen molar-refractivity contribution in [1.82, 2.24) is 9.88 Å². The monoisotopic (exact) mass is 324 g/mol. The van der Waals surface area contributed by atoms with Crippen molar-refractivity contribution in [2.24, 2.45) is 5.41 Å². The Morgan fingerprint density at radius 3 is 2.52 bits per heavy atom. The van der Waals surface area contributed by atoms with Crippen LogP contribution >= 0.6 is 0 Å². The van der Waals surface area contributed by atoms with E-state index in [2.05, 4.69) is 30.7 Å². The number of methoxy groups -OCH3 is 1. The van der Waals surface area contributed by atoms with Crippen LogP contribution in [0.1, 0.15) is 38.4 Å². The molecule has 5 heteroatoms. The maximum absolute atomic E-state index is 9.68. The van der Waals surface area contributed by atoms with E-state index in [1.54, 1.807) is 13.3 Å². The van der Waals surface area contributed by atoms with E-state index in [0.29, 0.717) is 19.8 Å². The summed E-state index contributed by atoms with van der Waals surface area (Å²) in [6.45, 7) is 10.6. The number of rotatable bonds is 9. The summed E-state index contributed by atoms with van der Waals surface area (Å²) < 4.78 is 10.6. The fourth-order valence-corrected chi connectivity index (χ4v) is 2.50.